The second kappa shape index (κ2) is 7.47. The molecule has 4 nitrogen and oxygen atoms in total. The third kappa shape index (κ3) is 3.82. The summed E-state index contributed by atoms with van der Waals surface area (Å²) in [5, 5.41) is 5.79. The lowest BCUT2D eigenvalue weighted by atomic mass is 10.1. The smallest absolute Gasteiger partial charge is 0.188 e. The van der Waals surface area contributed by atoms with Crippen molar-refractivity contribution in [2.24, 2.45) is 10.7 Å². The van der Waals surface area contributed by atoms with Gasteiger partial charge in [-0.3, -0.25) is 4.90 Å². The van der Waals surface area contributed by atoms with Crippen molar-refractivity contribution in [2.75, 3.05) is 19.6 Å². The molecule has 3 N–H and O–H groups in total. The Bertz CT molecular complexity index is 675. The summed E-state index contributed by atoms with van der Waals surface area (Å²) in [7, 11) is 0. The van der Waals surface area contributed by atoms with E-state index in [9.17, 15) is 0 Å². The van der Waals surface area contributed by atoms with Gasteiger partial charge in [0.2, 0.25) is 0 Å². The van der Waals surface area contributed by atoms with Crippen LogP contribution in [0.4, 0.5) is 0 Å². The molecule has 122 valence electrons. The van der Waals surface area contributed by atoms with E-state index in [0.29, 0.717) is 18.5 Å². The van der Waals surface area contributed by atoms with Gasteiger partial charge in [0.15, 0.2) is 5.96 Å². The van der Waals surface area contributed by atoms with Crippen molar-refractivity contribution < 1.29 is 0 Å². The summed E-state index contributed by atoms with van der Waals surface area (Å²) in [6, 6.07) is 15.3. The standard InChI is InChI=1S/C19H26N4/c1-2-23-12-6-10-17(23)14-22-19(20)21-13-16-9-5-8-15-7-3-4-11-18(15)16/h3-5,7-9,11,17H,2,6,10,12-14H2,1H3,(H3,20,21,22). The summed E-state index contributed by atoms with van der Waals surface area (Å²) in [6.07, 6.45) is 2.53. The van der Waals surface area contributed by atoms with Crippen LogP contribution < -0.4 is 11.1 Å². The largest absolute Gasteiger partial charge is 0.370 e. The van der Waals surface area contributed by atoms with Crippen LogP contribution in [-0.2, 0) is 6.54 Å². The lowest BCUT2D eigenvalue weighted by molar-refractivity contribution is 0.267. The monoisotopic (exact) mass is 310 g/mol. The summed E-state index contributed by atoms with van der Waals surface area (Å²) in [4.78, 5) is 7.03. The molecule has 0 aromatic heterocycles. The van der Waals surface area contributed by atoms with E-state index in [1.807, 2.05) is 0 Å². The Morgan fingerprint density at radius 1 is 1.26 bits per heavy atom. The van der Waals surface area contributed by atoms with Crippen molar-refractivity contribution in [3.05, 3.63) is 48.0 Å². The van der Waals surface area contributed by atoms with Gasteiger partial charge in [0.05, 0.1) is 6.54 Å². The molecule has 1 fully saturated rings. The minimum absolute atomic E-state index is 0.542. The SMILES string of the molecule is CCN1CCCC1CNC(N)=NCc1cccc2ccccc12. The number of aliphatic imine (C=N–C) groups is 1. The van der Waals surface area contributed by atoms with Crippen molar-refractivity contribution >= 4 is 16.7 Å². The first kappa shape index (κ1) is 15.8. The minimum atomic E-state index is 0.542. The zero-order valence-corrected chi connectivity index (χ0v) is 13.8. The van der Waals surface area contributed by atoms with E-state index < -0.39 is 0 Å². The maximum absolute atomic E-state index is 6.05. The molecule has 0 saturated carbocycles. The first-order valence-electron chi connectivity index (χ1n) is 8.52. The van der Waals surface area contributed by atoms with Crippen LogP contribution in [0.15, 0.2) is 47.5 Å². The number of nitrogens with two attached hydrogens (primary N) is 1. The number of fused-ring (bicyclic) bond motifs is 1. The molecule has 0 bridgehead atoms. The second-order valence-corrected chi connectivity index (χ2v) is 6.15. The lowest BCUT2D eigenvalue weighted by Gasteiger charge is -2.23. The van der Waals surface area contributed by atoms with E-state index in [1.54, 1.807) is 0 Å². The van der Waals surface area contributed by atoms with Crippen LogP contribution in [0.3, 0.4) is 0 Å². The average molecular weight is 310 g/mol. The van der Waals surface area contributed by atoms with Crippen LogP contribution in [0.2, 0.25) is 0 Å². The maximum Gasteiger partial charge on any atom is 0.188 e. The Morgan fingerprint density at radius 2 is 2.09 bits per heavy atom. The molecular formula is C19H26N4. The predicted octanol–water partition coefficient (Wildman–Crippen LogP) is 2.73. The number of hydrogen-bond acceptors (Lipinski definition) is 2. The second-order valence-electron chi connectivity index (χ2n) is 6.15. The van der Waals surface area contributed by atoms with Crippen molar-refractivity contribution in [2.45, 2.75) is 32.4 Å². The molecule has 1 aliphatic heterocycles. The predicted molar refractivity (Wildman–Crippen MR) is 97.5 cm³/mol. The molecule has 2 aromatic rings. The van der Waals surface area contributed by atoms with Crippen LogP contribution in [0, 0.1) is 0 Å². The molecule has 0 amide bonds. The highest BCUT2D eigenvalue weighted by atomic mass is 15.2. The Hall–Kier alpha value is -2.07. The number of hydrogen-bond donors (Lipinski definition) is 2. The molecule has 1 heterocycles. The van der Waals surface area contributed by atoms with Crippen LogP contribution in [-0.4, -0.2) is 36.5 Å². The molecular weight excluding hydrogens is 284 g/mol. The Kier molecular flexibility index (Phi) is 5.13. The van der Waals surface area contributed by atoms with E-state index >= 15 is 0 Å². The van der Waals surface area contributed by atoms with Gasteiger partial charge in [-0.15, -0.1) is 0 Å². The molecule has 0 radical (unpaired) electrons. The van der Waals surface area contributed by atoms with Crippen LogP contribution in [0.5, 0.6) is 0 Å². The van der Waals surface area contributed by atoms with Crippen LogP contribution in [0.1, 0.15) is 25.3 Å². The quantitative estimate of drug-likeness (QED) is 0.659. The van der Waals surface area contributed by atoms with Crippen LogP contribution in [0.25, 0.3) is 10.8 Å². The first-order valence-corrected chi connectivity index (χ1v) is 8.52. The molecule has 4 heteroatoms. The van der Waals surface area contributed by atoms with Gasteiger partial charge in [-0.25, -0.2) is 4.99 Å². The van der Waals surface area contributed by atoms with E-state index in [2.05, 4.69) is 64.6 Å². The number of rotatable bonds is 5. The summed E-state index contributed by atoms with van der Waals surface area (Å²) >= 11 is 0. The van der Waals surface area contributed by atoms with Gasteiger partial charge in [-0.05, 0) is 42.3 Å². The maximum atomic E-state index is 6.05. The normalized spacial score (nSPS) is 19.3. The van der Waals surface area contributed by atoms with Gasteiger partial charge < -0.3 is 11.1 Å². The van der Waals surface area contributed by atoms with E-state index in [0.717, 1.165) is 13.1 Å². The van der Waals surface area contributed by atoms with E-state index in [1.165, 1.54) is 35.7 Å². The molecule has 0 aliphatic carbocycles. The molecule has 1 unspecified atom stereocenters. The number of likely N-dealkylation sites (tertiary alicyclic amines) is 1. The first-order chi connectivity index (χ1) is 11.3. The minimum Gasteiger partial charge on any atom is -0.370 e. The molecule has 0 spiro atoms. The Labute approximate surface area is 138 Å². The van der Waals surface area contributed by atoms with Gasteiger partial charge >= 0.3 is 0 Å². The van der Waals surface area contributed by atoms with Crippen molar-refractivity contribution in [3.63, 3.8) is 0 Å². The highest BCUT2D eigenvalue weighted by molar-refractivity contribution is 5.86. The van der Waals surface area contributed by atoms with E-state index in [-0.39, 0.29) is 0 Å². The van der Waals surface area contributed by atoms with Crippen molar-refractivity contribution in [3.8, 4) is 0 Å². The van der Waals surface area contributed by atoms with Crippen molar-refractivity contribution in [1.82, 2.24) is 10.2 Å². The third-order valence-electron chi connectivity index (χ3n) is 4.72. The number of likely N-dealkylation sites (N-methyl/N-ethyl adjacent to an activating group) is 1. The highest BCUT2D eigenvalue weighted by Gasteiger charge is 2.22. The molecule has 2 aromatic carbocycles. The van der Waals surface area contributed by atoms with Gasteiger partial charge in [0, 0.05) is 12.6 Å². The zero-order chi connectivity index (χ0) is 16.1. The number of guanidine groups is 1. The van der Waals surface area contributed by atoms with Gasteiger partial charge in [0.25, 0.3) is 0 Å². The average Bonchev–Trinajstić information content (AvgIpc) is 3.05. The van der Waals surface area contributed by atoms with Gasteiger partial charge in [0.1, 0.15) is 0 Å². The van der Waals surface area contributed by atoms with Crippen LogP contribution >= 0.6 is 0 Å². The molecule has 23 heavy (non-hydrogen) atoms. The van der Waals surface area contributed by atoms with E-state index in [4.69, 9.17) is 5.73 Å². The molecule has 1 saturated heterocycles. The fraction of sp³-hybridized carbons (Fsp3) is 0.421. The highest BCUT2D eigenvalue weighted by Crippen LogP contribution is 2.19. The molecule has 1 aliphatic rings. The molecule has 1 atom stereocenters. The molecule has 3 rings (SSSR count). The fourth-order valence-corrected chi connectivity index (χ4v) is 3.42. The third-order valence-corrected chi connectivity index (χ3v) is 4.72. The Morgan fingerprint density at radius 3 is 2.96 bits per heavy atom. The number of nitrogens with one attached hydrogen (secondary N) is 1. The Balaban J connectivity index is 1.60. The van der Waals surface area contributed by atoms with Crippen molar-refractivity contribution in [1.29, 1.82) is 0 Å². The number of benzene rings is 2. The number of nitrogens with zero attached hydrogens (tertiary/aromatic N) is 2. The topological polar surface area (TPSA) is 53.6 Å². The summed E-state index contributed by atoms with van der Waals surface area (Å²) < 4.78 is 0. The fourth-order valence-electron chi connectivity index (χ4n) is 3.42. The lowest BCUT2D eigenvalue weighted by Crippen LogP contribution is -2.42. The van der Waals surface area contributed by atoms with Gasteiger partial charge in [-0.1, -0.05) is 49.4 Å². The summed E-state index contributed by atoms with van der Waals surface area (Å²) in [5.74, 6) is 0.542. The zero-order valence-electron chi connectivity index (χ0n) is 13.8. The summed E-state index contributed by atoms with van der Waals surface area (Å²) in [5.41, 5.74) is 7.26. The van der Waals surface area contributed by atoms with Gasteiger partial charge in [-0.2, -0.15) is 0 Å². The summed E-state index contributed by atoms with van der Waals surface area (Å²) in [6.45, 7) is 6.03.